The van der Waals surface area contributed by atoms with E-state index in [1.807, 2.05) is 12.1 Å². The fourth-order valence-corrected chi connectivity index (χ4v) is 6.56. The average molecular weight is 503 g/mol. The number of hydrogen-bond acceptors (Lipinski definition) is 6. The summed E-state index contributed by atoms with van der Waals surface area (Å²) < 4.78 is 45.7. The van der Waals surface area contributed by atoms with Crippen LogP contribution in [0.5, 0.6) is 5.75 Å². The molecule has 1 aromatic heterocycles. The molecule has 3 aromatic rings. The average Bonchev–Trinajstić information content (AvgIpc) is 3.36. The summed E-state index contributed by atoms with van der Waals surface area (Å²) in [6, 6.07) is 13.1. The van der Waals surface area contributed by atoms with Gasteiger partial charge in [0, 0.05) is 35.0 Å². The number of rotatable bonds is 8. The molecule has 0 fully saturated rings. The third-order valence-corrected chi connectivity index (χ3v) is 8.95. The van der Waals surface area contributed by atoms with Crippen molar-refractivity contribution in [3.05, 3.63) is 65.4 Å². The molecule has 180 valence electrons. The molecule has 4 rings (SSSR count). The van der Waals surface area contributed by atoms with Gasteiger partial charge in [0.15, 0.2) is 0 Å². The molecule has 34 heavy (non-hydrogen) atoms. The molecule has 11 heteroatoms. The first-order chi connectivity index (χ1) is 16.3. The van der Waals surface area contributed by atoms with Gasteiger partial charge in [-0.15, -0.1) is 0 Å². The fourth-order valence-electron chi connectivity index (χ4n) is 3.84. The summed E-state index contributed by atoms with van der Waals surface area (Å²) in [5.74, 6) is 1.37. The molecule has 1 aliphatic rings. The third-order valence-electron chi connectivity index (χ3n) is 5.68. The standard InChI is InChI=1S/C23H26N4O5S2/c1-4-26(5-2)34(30,31)19-12-6-16(7-13-19)23(28)24-22-20-14-33(29)15-21(20)25-27(22)17-8-10-18(32-3)11-9-17/h6-13H,4-5,14-15H2,1-3H3,(H,24,28)/t33-/m1/s1. The lowest BCUT2D eigenvalue weighted by Gasteiger charge is -2.18. The van der Waals surface area contributed by atoms with Crippen molar-refractivity contribution in [1.29, 1.82) is 0 Å². The number of ether oxygens (including phenoxy) is 1. The second kappa shape index (κ2) is 9.69. The molecule has 1 N–H and O–H groups in total. The maximum Gasteiger partial charge on any atom is 0.256 e. The van der Waals surface area contributed by atoms with Crippen molar-refractivity contribution in [2.24, 2.45) is 0 Å². The normalized spacial score (nSPS) is 15.4. The third kappa shape index (κ3) is 4.50. The monoisotopic (exact) mass is 502 g/mol. The molecule has 9 nitrogen and oxygen atoms in total. The van der Waals surface area contributed by atoms with Crippen LogP contribution in [0.4, 0.5) is 5.82 Å². The first-order valence-corrected chi connectivity index (χ1v) is 13.7. The van der Waals surface area contributed by atoms with Crippen molar-refractivity contribution in [1.82, 2.24) is 14.1 Å². The van der Waals surface area contributed by atoms with Gasteiger partial charge in [0.1, 0.15) is 11.6 Å². The van der Waals surface area contributed by atoms with Gasteiger partial charge in [0.05, 0.1) is 34.9 Å². The fraction of sp³-hybridized carbons (Fsp3) is 0.304. The van der Waals surface area contributed by atoms with Crippen LogP contribution in [-0.4, -0.2) is 52.8 Å². The topological polar surface area (TPSA) is 111 Å². The summed E-state index contributed by atoms with van der Waals surface area (Å²) in [6.45, 7) is 4.28. The molecule has 1 atom stereocenters. The van der Waals surface area contributed by atoms with E-state index in [4.69, 9.17) is 4.74 Å². The molecule has 0 unspecified atom stereocenters. The number of benzene rings is 2. The number of anilines is 1. The second-order valence-electron chi connectivity index (χ2n) is 7.68. The Hall–Kier alpha value is -3.02. The van der Waals surface area contributed by atoms with Gasteiger partial charge in [-0.25, -0.2) is 13.1 Å². The van der Waals surface area contributed by atoms with Gasteiger partial charge >= 0.3 is 0 Å². The molecular weight excluding hydrogens is 476 g/mol. The van der Waals surface area contributed by atoms with E-state index in [-0.39, 0.29) is 4.90 Å². The zero-order chi connectivity index (χ0) is 24.5. The second-order valence-corrected chi connectivity index (χ2v) is 11.1. The predicted molar refractivity (Wildman–Crippen MR) is 130 cm³/mol. The predicted octanol–water partition coefficient (Wildman–Crippen LogP) is 2.93. The Morgan fingerprint density at radius 2 is 1.74 bits per heavy atom. The van der Waals surface area contributed by atoms with Crippen LogP contribution in [-0.2, 0) is 32.3 Å². The smallest absolute Gasteiger partial charge is 0.256 e. The van der Waals surface area contributed by atoms with Gasteiger partial charge in [0.2, 0.25) is 10.0 Å². The Bertz CT molecular complexity index is 1330. The number of hydrogen-bond donors (Lipinski definition) is 1. The lowest BCUT2D eigenvalue weighted by molar-refractivity contribution is 0.102. The van der Waals surface area contributed by atoms with E-state index in [9.17, 15) is 17.4 Å². The number of methoxy groups -OCH3 is 1. The molecule has 0 aliphatic carbocycles. The molecule has 0 radical (unpaired) electrons. The number of carbonyl (C=O) groups is 1. The summed E-state index contributed by atoms with van der Waals surface area (Å²) in [7, 11) is -3.10. The van der Waals surface area contributed by atoms with Crippen molar-refractivity contribution in [3.63, 3.8) is 0 Å². The van der Waals surface area contributed by atoms with Gasteiger partial charge in [0.25, 0.3) is 5.91 Å². The summed E-state index contributed by atoms with van der Waals surface area (Å²) in [5.41, 5.74) is 2.44. The van der Waals surface area contributed by atoms with Crippen LogP contribution < -0.4 is 10.1 Å². The number of nitrogens with one attached hydrogen (secondary N) is 1. The zero-order valence-corrected chi connectivity index (χ0v) is 20.8. The van der Waals surface area contributed by atoms with Crippen molar-refractivity contribution in [2.75, 3.05) is 25.5 Å². The first-order valence-electron chi connectivity index (χ1n) is 10.8. The van der Waals surface area contributed by atoms with Gasteiger partial charge in [-0.05, 0) is 48.5 Å². The van der Waals surface area contributed by atoms with Gasteiger partial charge < -0.3 is 10.1 Å². The van der Waals surface area contributed by atoms with Crippen LogP contribution in [0.2, 0.25) is 0 Å². The number of fused-ring (bicyclic) bond motifs is 1. The number of sulfonamides is 1. The lowest BCUT2D eigenvalue weighted by atomic mass is 10.2. The summed E-state index contributed by atoms with van der Waals surface area (Å²) in [5, 5.41) is 7.48. The van der Waals surface area contributed by atoms with Crippen molar-refractivity contribution < 1.29 is 22.2 Å². The Balaban J connectivity index is 1.64. The SMILES string of the molecule is CCN(CC)S(=O)(=O)c1ccc(C(=O)Nc2c3c(nn2-c2ccc(OC)cc2)C[S@](=O)C3)cc1. The first kappa shape index (κ1) is 24.1. The summed E-state index contributed by atoms with van der Waals surface area (Å²) in [6.07, 6.45) is 0. The Labute approximate surface area is 201 Å². The lowest BCUT2D eigenvalue weighted by Crippen LogP contribution is -2.30. The highest BCUT2D eigenvalue weighted by molar-refractivity contribution is 7.89. The van der Waals surface area contributed by atoms with Crippen LogP contribution in [0.25, 0.3) is 5.69 Å². The van der Waals surface area contributed by atoms with E-state index in [0.717, 1.165) is 11.3 Å². The van der Waals surface area contributed by atoms with Crippen molar-refractivity contribution in [2.45, 2.75) is 30.2 Å². The van der Waals surface area contributed by atoms with Crippen molar-refractivity contribution in [3.8, 4) is 11.4 Å². The molecule has 0 spiro atoms. The van der Waals surface area contributed by atoms with Gasteiger partial charge in [-0.2, -0.15) is 9.40 Å². The maximum absolute atomic E-state index is 13.1. The van der Waals surface area contributed by atoms with E-state index in [1.54, 1.807) is 37.8 Å². The number of aromatic nitrogens is 2. The number of carbonyl (C=O) groups excluding carboxylic acids is 1. The molecule has 2 aromatic carbocycles. The van der Waals surface area contributed by atoms with Gasteiger partial charge in [-0.1, -0.05) is 13.8 Å². The minimum Gasteiger partial charge on any atom is -0.497 e. The van der Waals surface area contributed by atoms with Crippen LogP contribution in [0.1, 0.15) is 35.5 Å². The molecular formula is C23H26N4O5S2. The van der Waals surface area contributed by atoms with Crippen LogP contribution in [0.3, 0.4) is 0 Å². The summed E-state index contributed by atoms with van der Waals surface area (Å²) >= 11 is 0. The summed E-state index contributed by atoms with van der Waals surface area (Å²) in [4.78, 5) is 13.2. The zero-order valence-electron chi connectivity index (χ0n) is 19.1. The van der Waals surface area contributed by atoms with Crippen LogP contribution in [0.15, 0.2) is 53.4 Å². The minimum absolute atomic E-state index is 0.132. The highest BCUT2D eigenvalue weighted by atomic mass is 32.2. The molecule has 0 bridgehead atoms. The van der Waals surface area contributed by atoms with E-state index < -0.39 is 26.7 Å². The number of amides is 1. The molecule has 1 amide bonds. The quantitative estimate of drug-likeness (QED) is 0.507. The van der Waals surface area contributed by atoms with Crippen molar-refractivity contribution >= 4 is 32.5 Å². The van der Waals surface area contributed by atoms with Crippen LogP contribution >= 0.6 is 0 Å². The molecule has 0 saturated heterocycles. The van der Waals surface area contributed by atoms with Crippen LogP contribution in [0, 0.1) is 0 Å². The largest absolute Gasteiger partial charge is 0.497 e. The Kier molecular flexibility index (Phi) is 6.87. The van der Waals surface area contributed by atoms with E-state index in [0.29, 0.717) is 47.4 Å². The minimum atomic E-state index is -3.61. The molecule has 2 heterocycles. The molecule has 1 aliphatic heterocycles. The van der Waals surface area contributed by atoms with E-state index in [1.165, 1.54) is 28.6 Å². The highest BCUT2D eigenvalue weighted by Crippen LogP contribution is 2.32. The van der Waals surface area contributed by atoms with E-state index in [2.05, 4.69) is 10.4 Å². The van der Waals surface area contributed by atoms with E-state index >= 15 is 0 Å². The Morgan fingerprint density at radius 3 is 2.32 bits per heavy atom. The maximum atomic E-state index is 13.1. The highest BCUT2D eigenvalue weighted by Gasteiger charge is 2.29. The Morgan fingerprint density at radius 1 is 1.09 bits per heavy atom. The molecule has 0 saturated carbocycles. The van der Waals surface area contributed by atoms with Gasteiger partial charge in [-0.3, -0.25) is 9.00 Å². The number of nitrogens with zero attached hydrogens (tertiary/aromatic N) is 3.